The summed E-state index contributed by atoms with van der Waals surface area (Å²) in [4.78, 5) is 0.226. The Morgan fingerprint density at radius 3 is 2.38 bits per heavy atom. The third-order valence-electron chi connectivity index (χ3n) is 5.15. The van der Waals surface area contributed by atoms with Gasteiger partial charge in [-0.05, 0) is 43.7 Å². The van der Waals surface area contributed by atoms with Crippen molar-refractivity contribution in [3.63, 3.8) is 0 Å². The lowest BCUT2D eigenvalue weighted by molar-refractivity contribution is 0.491. The van der Waals surface area contributed by atoms with Gasteiger partial charge in [0.1, 0.15) is 0 Å². The van der Waals surface area contributed by atoms with Crippen LogP contribution in [0.3, 0.4) is 0 Å². The highest BCUT2D eigenvalue weighted by Crippen LogP contribution is 2.29. The fraction of sp³-hybridized carbons (Fsp3) is 0.174. The van der Waals surface area contributed by atoms with Crippen molar-refractivity contribution in [2.45, 2.75) is 25.3 Å². The minimum absolute atomic E-state index is 0.226. The van der Waals surface area contributed by atoms with Crippen molar-refractivity contribution in [2.75, 3.05) is 7.05 Å². The Morgan fingerprint density at radius 2 is 1.66 bits per heavy atom. The highest BCUT2D eigenvalue weighted by Gasteiger charge is 2.18. The minimum Gasteiger partial charge on any atom is -0.341 e. The molecule has 3 aromatic carbocycles. The summed E-state index contributed by atoms with van der Waals surface area (Å²) in [6, 6.07) is 21.2. The van der Waals surface area contributed by atoms with Gasteiger partial charge in [0.05, 0.1) is 11.1 Å². The molecule has 0 aliphatic carbocycles. The lowest BCUT2D eigenvalue weighted by Gasteiger charge is -2.13. The molecule has 6 heteroatoms. The number of fused-ring (bicyclic) bond motifs is 3. The second-order valence-electron chi connectivity index (χ2n) is 7.03. The van der Waals surface area contributed by atoms with E-state index in [1.165, 1.54) is 23.3 Å². The molecule has 1 aromatic heterocycles. The van der Waals surface area contributed by atoms with E-state index < -0.39 is 10.0 Å². The summed E-state index contributed by atoms with van der Waals surface area (Å²) in [6.45, 7) is 4.89. The Hall–Kier alpha value is -3.12. The summed E-state index contributed by atoms with van der Waals surface area (Å²) < 4.78 is 28.7. The second-order valence-corrected chi connectivity index (χ2v) is 8.98. The highest BCUT2D eigenvalue weighted by atomic mass is 32.2. The van der Waals surface area contributed by atoms with Gasteiger partial charge in [-0.25, -0.2) is 0 Å². The van der Waals surface area contributed by atoms with Crippen LogP contribution in [0, 0.1) is 6.92 Å². The van der Waals surface area contributed by atoms with Gasteiger partial charge in [-0.15, -0.1) is 0 Å². The maximum Gasteiger partial charge on any atom is 0.278 e. The fourth-order valence-corrected chi connectivity index (χ4v) is 4.52. The van der Waals surface area contributed by atoms with Crippen LogP contribution < -0.4 is 0 Å². The number of para-hydroxylation sites is 1. The van der Waals surface area contributed by atoms with Crippen molar-refractivity contribution >= 4 is 38.0 Å². The van der Waals surface area contributed by atoms with Crippen LogP contribution in [0.2, 0.25) is 0 Å². The largest absolute Gasteiger partial charge is 0.341 e. The van der Waals surface area contributed by atoms with Gasteiger partial charge in [0.15, 0.2) is 0 Å². The first-order valence-corrected chi connectivity index (χ1v) is 11.0. The summed E-state index contributed by atoms with van der Waals surface area (Å²) in [7, 11) is -2.22. The number of rotatable bonds is 5. The number of hydrazone groups is 1. The van der Waals surface area contributed by atoms with E-state index in [2.05, 4.69) is 40.9 Å². The quantitative estimate of drug-likeness (QED) is 0.354. The number of nitrogens with zero attached hydrogens (tertiary/aromatic N) is 3. The van der Waals surface area contributed by atoms with E-state index in [1.807, 2.05) is 25.1 Å². The van der Waals surface area contributed by atoms with Crippen molar-refractivity contribution < 1.29 is 8.42 Å². The Kier molecular flexibility index (Phi) is 4.88. The Balaban J connectivity index is 1.69. The zero-order chi connectivity index (χ0) is 20.6. The number of benzene rings is 3. The van der Waals surface area contributed by atoms with Gasteiger partial charge in [-0.1, -0.05) is 48.0 Å². The molecular weight excluding hydrogens is 382 g/mol. The molecule has 0 atom stereocenters. The van der Waals surface area contributed by atoms with Gasteiger partial charge in [0.2, 0.25) is 0 Å². The molecule has 1 heterocycles. The van der Waals surface area contributed by atoms with E-state index in [4.69, 9.17) is 0 Å². The monoisotopic (exact) mass is 405 g/mol. The molecule has 0 saturated heterocycles. The van der Waals surface area contributed by atoms with Gasteiger partial charge in [0.25, 0.3) is 10.0 Å². The third-order valence-corrected chi connectivity index (χ3v) is 6.81. The van der Waals surface area contributed by atoms with E-state index in [-0.39, 0.29) is 4.90 Å². The van der Waals surface area contributed by atoms with E-state index in [9.17, 15) is 8.42 Å². The first-order valence-electron chi connectivity index (χ1n) is 9.52. The molecule has 0 bridgehead atoms. The minimum atomic E-state index is -3.67. The SMILES string of the molecule is CCn1c2ccccc2c2ccc(C=NN(C)S(=O)(=O)c3ccc(C)cc3)cc21. The van der Waals surface area contributed by atoms with Crippen LogP contribution >= 0.6 is 0 Å². The van der Waals surface area contributed by atoms with Crippen LogP contribution in [0.1, 0.15) is 18.1 Å². The average Bonchev–Trinajstić information content (AvgIpc) is 3.05. The summed E-state index contributed by atoms with van der Waals surface area (Å²) >= 11 is 0. The van der Waals surface area contributed by atoms with E-state index in [1.54, 1.807) is 30.5 Å². The lowest BCUT2D eigenvalue weighted by atomic mass is 10.1. The highest BCUT2D eigenvalue weighted by molar-refractivity contribution is 7.89. The van der Waals surface area contributed by atoms with Gasteiger partial charge >= 0.3 is 0 Å². The molecule has 0 N–H and O–H groups in total. The third kappa shape index (κ3) is 3.40. The predicted molar refractivity (Wildman–Crippen MR) is 119 cm³/mol. The number of aryl methyl sites for hydroxylation is 2. The number of sulfonamides is 1. The molecule has 0 radical (unpaired) electrons. The molecule has 0 fully saturated rings. The summed E-state index contributed by atoms with van der Waals surface area (Å²) in [6.07, 6.45) is 1.59. The van der Waals surface area contributed by atoms with E-state index in [0.29, 0.717) is 0 Å². The second kappa shape index (κ2) is 7.37. The average molecular weight is 406 g/mol. The topological polar surface area (TPSA) is 54.7 Å². The van der Waals surface area contributed by atoms with E-state index >= 15 is 0 Å². The maximum absolute atomic E-state index is 12.7. The van der Waals surface area contributed by atoms with Gasteiger partial charge < -0.3 is 4.57 Å². The molecule has 29 heavy (non-hydrogen) atoms. The zero-order valence-corrected chi connectivity index (χ0v) is 17.5. The van der Waals surface area contributed by atoms with Crippen molar-refractivity contribution in [2.24, 2.45) is 5.10 Å². The molecule has 0 amide bonds. The van der Waals surface area contributed by atoms with Crippen LogP contribution in [0.5, 0.6) is 0 Å². The summed E-state index contributed by atoms with van der Waals surface area (Å²) in [5.41, 5.74) is 4.16. The summed E-state index contributed by atoms with van der Waals surface area (Å²) in [5, 5.41) is 6.59. The first-order chi connectivity index (χ1) is 13.9. The number of hydrogen-bond acceptors (Lipinski definition) is 3. The van der Waals surface area contributed by atoms with E-state index in [0.717, 1.165) is 27.6 Å². The summed E-state index contributed by atoms with van der Waals surface area (Å²) in [5.74, 6) is 0. The van der Waals surface area contributed by atoms with Crippen molar-refractivity contribution in [3.8, 4) is 0 Å². The van der Waals surface area contributed by atoms with Crippen LogP contribution in [0.4, 0.5) is 0 Å². The number of hydrogen-bond donors (Lipinski definition) is 0. The van der Waals surface area contributed by atoms with Crippen LogP contribution in [0.15, 0.2) is 76.7 Å². The Morgan fingerprint density at radius 1 is 0.966 bits per heavy atom. The van der Waals surface area contributed by atoms with Gasteiger partial charge in [-0.2, -0.15) is 17.9 Å². The molecule has 0 aliphatic rings. The number of aromatic nitrogens is 1. The molecule has 4 aromatic rings. The normalized spacial score (nSPS) is 12.2. The predicted octanol–water partition coefficient (Wildman–Crippen LogP) is 4.78. The molecule has 0 aliphatic heterocycles. The smallest absolute Gasteiger partial charge is 0.278 e. The molecule has 0 unspecified atom stereocenters. The van der Waals surface area contributed by atoms with Crippen molar-refractivity contribution in [1.82, 2.24) is 8.98 Å². The Bertz CT molecular complexity index is 1320. The lowest BCUT2D eigenvalue weighted by Crippen LogP contribution is -2.21. The van der Waals surface area contributed by atoms with Crippen molar-refractivity contribution in [1.29, 1.82) is 0 Å². The maximum atomic E-state index is 12.7. The Labute approximate surface area is 170 Å². The fourth-order valence-electron chi connectivity index (χ4n) is 3.56. The van der Waals surface area contributed by atoms with Gasteiger partial charge in [-0.3, -0.25) is 0 Å². The molecule has 148 valence electrons. The molecule has 0 saturated carbocycles. The van der Waals surface area contributed by atoms with Crippen LogP contribution in [-0.2, 0) is 16.6 Å². The van der Waals surface area contributed by atoms with Gasteiger partial charge in [0, 0.05) is 35.4 Å². The first kappa shape index (κ1) is 19.2. The molecular formula is C23H23N3O2S. The molecule has 0 spiro atoms. The van der Waals surface area contributed by atoms with Crippen LogP contribution in [0.25, 0.3) is 21.8 Å². The van der Waals surface area contributed by atoms with Crippen molar-refractivity contribution in [3.05, 3.63) is 77.9 Å². The molecule has 4 rings (SSSR count). The van der Waals surface area contributed by atoms with Crippen LogP contribution in [-0.4, -0.2) is 30.7 Å². The standard InChI is InChI=1S/C23H23N3O2S/c1-4-26-22-8-6-5-7-20(22)21-14-11-18(15-23(21)26)16-24-25(3)29(27,28)19-12-9-17(2)10-13-19/h5-16H,4H2,1-3H3. The zero-order valence-electron chi connectivity index (χ0n) is 16.7. The molecule has 5 nitrogen and oxygen atoms in total.